The highest BCUT2D eigenvalue weighted by molar-refractivity contribution is 6.14. The van der Waals surface area contributed by atoms with Crippen molar-refractivity contribution in [2.45, 2.75) is 25.7 Å². The molecule has 1 aliphatic rings. The molecule has 100 valence electrons. The Kier molecular flexibility index (Phi) is 4.00. The van der Waals surface area contributed by atoms with Gasteiger partial charge in [-0.1, -0.05) is 12.1 Å². The average Bonchev–Trinajstić information content (AvgIpc) is 2.46. The zero-order chi connectivity index (χ0) is 13.8. The number of methoxy groups -OCH3 is 1. The predicted molar refractivity (Wildman–Crippen MR) is 70.5 cm³/mol. The summed E-state index contributed by atoms with van der Waals surface area (Å²) in [6, 6.07) is 6.90. The number of benzene rings is 1. The summed E-state index contributed by atoms with van der Waals surface area (Å²) in [7, 11) is 1.50. The van der Waals surface area contributed by atoms with E-state index in [4.69, 9.17) is 4.74 Å². The lowest BCUT2D eigenvalue weighted by atomic mass is 9.87. The zero-order valence-corrected chi connectivity index (χ0v) is 10.8. The number of carboxylic acid groups (broad SMARTS) is 1. The van der Waals surface area contributed by atoms with Crippen LogP contribution in [0.4, 0.5) is 0 Å². The van der Waals surface area contributed by atoms with Crippen LogP contribution in [0.1, 0.15) is 36.0 Å². The summed E-state index contributed by atoms with van der Waals surface area (Å²) in [6.07, 6.45) is 2.67. The fraction of sp³-hybridized carbons (Fsp3) is 0.333. The van der Waals surface area contributed by atoms with E-state index in [2.05, 4.69) is 0 Å². The van der Waals surface area contributed by atoms with Crippen molar-refractivity contribution in [2.24, 2.45) is 0 Å². The van der Waals surface area contributed by atoms with E-state index in [1.807, 2.05) is 0 Å². The third-order valence-electron chi connectivity index (χ3n) is 3.35. The Bertz CT molecular complexity index is 543. The van der Waals surface area contributed by atoms with Crippen LogP contribution in [0.5, 0.6) is 5.75 Å². The maximum Gasteiger partial charge on any atom is 0.331 e. The molecule has 1 N–H and O–H groups in total. The van der Waals surface area contributed by atoms with Gasteiger partial charge < -0.3 is 9.84 Å². The zero-order valence-electron chi connectivity index (χ0n) is 10.8. The number of allylic oxidation sites excluding steroid dienone is 1. The predicted octanol–water partition coefficient (Wildman–Crippen LogP) is 2.83. The van der Waals surface area contributed by atoms with Gasteiger partial charge in [0.05, 0.1) is 12.7 Å². The Balaban J connectivity index is 2.45. The van der Waals surface area contributed by atoms with E-state index in [1.165, 1.54) is 7.11 Å². The number of carbonyl (C=O) groups excluding carboxylic acids is 1. The van der Waals surface area contributed by atoms with Crippen LogP contribution in [0, 0.1) is 0 Å². The standard InChI is InChI=1S/C15H16O4/c1-19-13-9-5-4-8-12(13)14(16)10-6-2-3-7-11(10)15(17)18/h4-5,8-9H,2-3,6-7H2,1H3,(H,17,18). The van der Waals surface area contributed by atoms with Gasteiger partial charge in [-0.15, -0.1) is 0 Å². The number of carbonyl (C=O) groups is 2. The van der Waals surface area contributed by atoms with E-state index in [1.54, 1.807) is 24.3 Å². The second kappa shape index (κ2) is 5.69. The van der Waals surface area contributed by atoms with Gasteiger partial charge in [0.1, 0.15) is 5.75 Å². The SMILES string of the molecule is COc1ccccc1C(=O)C1=C(C(=O)O)CCCC1. The highest BCUT2D eigenvalue weighted by atomic mass is 16.5. The molecule has 4 nitrogen and oxygen atoms in total. The minimum atomic E-state index is -0.988. The molecule has 0 radical (unpaired) electrons. The van der Waals surface area contributed by atoms with Gasteiger partial charge in [0.25, 0.3) is 0 Å². The van der Waals surface area contributed by atoms with Crippen molar-refractivity contribution < 1.29 is 19.4 Å². The molecule has 0 unspecified atom stereocenters. The Morgan fingerprint density at radius 2 is 1.74 bits per heavy atom. The lowest BCUT2D eigenvalue weighted by Gasteiger charge is -2.17. The van der Waals surface area contributed by atoms with E-state index in [0.717, 1.165) is 12.8 Å². The number of ketones is 1. The van der Waals surface area contributed by atoms with Crippen molar-refractivity contribution >= 4 is 11.8 Å². The van der Waals surface area contributed by atoms with Crippen molar-refractivity contribution in [1.82, 2.24) is 0 Å². The molecule has 1 aromatic carbocycles. The molecular weight excluding hydrogens is 244 g/mol. The molecule has 0 bridgehead atoms. The first-order chi connectivity index (χ1) is 9.15. The molecule has 0 saturated heterocycles. The molecule has 1 aromatic rings. The molecule has 0 atom stereocenters. The van der Waals surface area contributed by atoms with Crippen LogP contribution < -0.4 is 4.74 Å². The molecule has 4 heteroatoms. The van der Waals surface area contributed by atoms with Crippen LogP contribution in [0.2, 0.25) is 0 Å². The first-order valence-corrected chi connectivity index (χ1v) is 6.28. The lowest BCUT2D eigenvalue weighted by Crippen LogP contribution is -2.16. The first-order valence-electron chi connectivity index (χ1n) is 6.28. The Hall–Kier alpha value is -2.10. The van der Waals surface area contributed by atoms with Crippen LogP contribution in [-0.2, 0) is 4.79 Å². The van der Waals surface area contributed by atoms with E-state index in [9.17, 15) is 14.7 Å². The minimum Gasteiger partial charge on any atom is -0.496 e. The van der Waals surface area contributed by atoms with Crippen LogP contribution in [0.15, 0.2) is 35.4 Å². The largest absolute Gasteiger partial charge is 0.496 e. The third kappa shape index (κ3) is 2.67. The third-order valence-corrected chi connectivity index (χ3v) is 3.35. The second-order valence-electron chi connectivity index (χ2n) is 4.50. The number of Topliss-reactive ketones (excluding diaryl/α,β-unsaturated/α-hetero) is 1. The average molecular weight is 260 g/mol. The van der Waals surface area contributed by atoms with Crippen LogP contribution in [0.3, 0.4) is 0 Å². The van der Waals surface area contributed by atoms with Gasteiger partial charge in [0, 0.05) is 11.1 Å². The van der Waals surface area contributed by atoms with Crippen molar-refractivity contribution in [3.8, 4) is 5.75 Å². The quantitative estimate of drug-likeness (QED) is 0.845. The summed E-state index contributed by atoms with van der Waals surface area (Å²) in [6.45, 7) is 0. The highest BCUT2D eigenvalue weighted by Crippen LogP contribution is 2.30. The minimum absolute atomic E-state index is 0.227. The van der Waals surface area contributed by atoms with Crippen LogP contribution in [0.25, 0.3) is 0 Å². The fourth-order valence-electron chi connectivity index (χ4n) is 2.39. The van der Waals surface area contributed by atoms with Gasteiger partial charge in [-0.2, -0.15) is 0 Å². The van der Waals surface area contributed by atoms with Crippen LogP contribution >= 0.6 is 0 Å². The summed E-state index contributed by atoms with van der Waals surface area (Å²) in [5, 5.41) is 9.19. The molecule has 0 aromatic heterocycles. The molecule has 0 amide bonds. The monoisotopic (exact) mass is 260 g/mol. The Morgan fingerprint density at radius 3 is 2.37 bits per heavy atom. The van der Waals surface area contributed by atoms with Crippen molar-refractivity contribution in [2.75, 3.05) is 7.11 Å². The molecule has 0 fully saturated rings. The molecule has 2 rings (SSSR count). The molecule has 0 spiro atoms. The maximum atomic E-state index is 12.5. The smallest absolute Gasteiger partial charge is 0.331 e. The molecule has 0 aliphatic heterocycles. The highest BCUT2D eigenvalue weighted by Gasteiger charge is 2.25. The number of carboxylic acids is 1. The Morgan fingerprint density at radius 1 is 1.11 bits per heavy atom. The molecule has 0 heterocycles. The van der Waals surface area contributed by atoms with Crippen molar-refractivity contribution in [3.63, 3.8) is 0 Å². The molecule has 19 heavy (non-hydrogen) atoms. The number of hydrogen-bond acceptors (Lipinski definition) is 3. The van der Waals surface area contributed by atoms with Gasteiger partial charge >= 0.3 is 5.97 Å². The number of para-hydroxylation sites is 1. The van der Waals surface area contributed by atoms with Crippen molar-refractivity contribution in [3.05, 3.63) is 41.0 Å². The number of aliphatic carboxylic acids is 1. The normalized spacial score (nSPS) is 15.2. The summed E-state index contributed by atoms with van der Waals surface area (Å²) < 4.78 is 5.16. The second-order valence-corrected chi connectivity index (χ2v) is 4.50. The van der Waals surface area contributed by atoms with Gasteiger partial charge in [0.2, 0.25) is 0 Å². The summed E-state index contributed by atoms with van der Waals surface area (Å²) in [5.41, 5.74) is 1.10. The van der Waals surface area contributed by atoms with E-state index in [-0.39, 0.29) is 11.4 Å². The lowest BCUT2D eigenvalue weighted by molar-refractivity contribution is -0.133. The molecule has 0 saturated carbocycles. The number of ether oxygens (including phenoxy) is 1. The topological polar surface area (TPSA) is 63.6 Å². The molecule has 1 aliphatic carbocycles. The van der Waals surface area contributed by atoms with Gasteiger partial charge in [-0.05, 0) is 37.8 Å². The summed E-state index contributed by atoms with van der Waals surface area (Å²) in [4.78, 5) is 23.7. The number of hydrogen-bond donors (Lipinski definition) is 1. The van der Waals surface area contributed by atoms with Crippen molar-refractivity contribution in [1.29, 1.82) is 0 Å². The van der Waals surface area contributed by atoms with Gasteiger partial charge in [0.15, 0.2) is 5.78 Å². The van der Waals surface area contributed by atoms with Gasteiger partial charge in [-0.3, -0.25) is 4.79 Å². The first kappa shape index (κ1) is 13.3. The van der Waals surface area contributed by atoms with E-state index in [0.29, 0.717) is 29.7 Å². The van der Waals surface area contributed by atoms with E-state index < -0.39 is 5.97 Å². The summed E-state index contributed by atoms with van der Waals surface area (Å²) in [5.74, 6) is -0.734. The fourth-order valence-corrected chi connectivity index (χ4v) is 2.39. The Labute approximate surface area is 111 Å². The van der Waals surface area contributed by atoms with E-state index >= 15 is 0 Å². The van der Waals surface area contributed by atoms with Crippen LogP contribution in [-0.4, -0.2) is 24.0 Å². The van der Waals surface area contributed by atoms with Gasteiger partial charge in [-0.25, -0.2) is 4.79 Å². The molecular formula is C15H16O4. The number of rotatable bonds is 4. The maximum absolute atomic E-state index is 12.5. The summed E-state index contributed by atoms with van der Waals surface area (Å²) >= 11 is 0.